The van der Waals surface area contributed by atoms with Gasteiger partial charge in [-0.1, -0.05) is 6.07 Å². The Bertz CT molecular complexity index is 440. The number of hydrogen-bond acceptors (Lipinski definition) is 4. The van der Waals surface area contributed by atoms with Gasteiger partial charge in [0.05, 0.1) is 6.10 Å². The minimum atomic E-state index is -0.236. The molecule has 1 saturated heterocycles. The summed E-state index contributed by atoms with van der Waals surface area (Å²) in [6.45, 7) is 11.1. The second-order valence-corrected chi connectivity index (χ2v) is 6.83. The van der Waals surface area contributed by atoms with Crippen molar-refractivity contribution < 1.29 is 5.11 Å². The maximum atomic E-state index is 9.74. The van der Waals surface area contributed by atoms with Crippen molar-refractivity contribution in [3.8, 4) is 0 Å². The first-order chi connectivity index (χ1) is 9.37. The molecule has 2 atom stereocenters. The highest BCUT2D eigenvalue weighted by atomic mass is 16.3. The summed E-state index contributed by atoms with van der Waals surface area (Å²) in [5, 5.41) is 13.3. The lowest BCUT2D eigenvalue weighted by molar-refractivity contribution is 0.136. The number of aliphatic hydroxyl groups is 1. The third-order valence-corrected chi connectivity index (χ3v) is 3.88. The zero-order valence-electron chi connectivity index (χ0n) is 13.1. The van der Waals surface area contributed by atoms with Crippen LogP contribution in [0.15, 0.2) is 18.3 Å². The van der Waals surface area contributed by atoms with Crippen LogP contribution in [-0.4, -0.2) is 34.8 Å². The molecule has 0 bridgehead atoms. The fraction of sp³-hybridized carbons (Fsp3) is 0.688. The van der Waals surface area contributed by atoms with E-state index in [2.05, 4.69) is 42.0 Å². The maximum Gasteiger partial charge on any atom is 0.133 e. The van der Waals surface area contributed by atoms with Crippen LogP contribution in [0.2, 0.25) is 0 Å². The SMILES string of the molecule is CC(O)C1CCN(c2ncccc2CNC(C)(C)C)C1. The lowest BCUT2D eigenvalue weighted by Crippen LogP contribution is -2.36. The van der Waals surface area contributed by atoms with E-state index in [0.29, 0.717) is 5.92 Å². The summed E-state index contributed by atoms with van der Waals surface area (Å²) in [4.78, 5) is 6.86. The topological polar surface area (TPSA) is 48.4 Å². The summed E-state index contributed by atoms with van der Waals surface area (Å²) >= 11 is 0. The van der Waals surface area contributed by atoms with Gasteiger partial charge in [0.2, 0.25) is 0 Å². The van der Waals surface area contributed by atoms with E-state index in [-0.39, 0.29) is 11.6 Å². The molecule has 2 N–H and O–H groups in total. The fourth-order valence-corrected chi connectivity index (χ4v) is 2.59. The summed E-state index contributed by atoms with van der Waals surface area (Å²) in [7, 11) is 0. The molecule has 0 spiro atoms. The van der Waals surface area contributed by atoms with Crippen LogP contribution in [0.5, 0.6) is 0 Å². The molecule has 2 unspecified atom stereocenters. The zero-order valence-corrected chi connectivity index (χ0v) is 13.1. The molecule has 2 rings (SSSR count). The Morgan fingerprint density at radius 1 is 1.50 bits per heavy atom. The minimum absolute atomic E-state index is 0.0975. The van der Waals surface area contributed by atoms with Crippen LogP contribution in [0, 0.1) is 5.92 Å². The van der Waals surface area contributed by atoms with Crippen molar-refractivity contribution >= 4 is 5.82 Å². The Hall–Kier alpha value is -1.13. The molecule has 20 heavy (non-hydrogen) atoms. The second-order valence-electron chi connectivity index (χ2n) is 6.83. The summed E-state index contributed by atoms with van der Waals surface area (Å²) in [6, 6.07) is 4.13. The molecule has 0 radical (unpaired) electrons. The second kappa shape index (κ2) is 6.10. The molecule has 0 saturated carbocycles. The van der Waals surface area contributed by atoms with Crippen molar-refractivity contribution in [2.24, 2.45) is 5.92 Å². The van der Waals surface area contributed by atoms with Gasteiger partial charge in [0, 0.05) is 42.9 Å². The largest absolute Gasteiger partial charge is 0.393 e. The number of nitrogens with zero attached hydrogens (tertiary/aromatic N) is 2. The third kappa shape index (κ3) is 3.93. The standard InChI is InChI=1S/C16H27N3O/c1-12(20)14-7-9-19(11-14)15-13(6-5-8-17-15)10-18-16(2,3)4/h5-6,8,12,14,18,20H,7,9-11H2,1-4H3. The average molecular weight is 277 g/mol. The highest BCUT2D eigenvalue weighted by Gasteiger charge is 2.28. The van der Waals surface area contributed by atoms with Gasteiger partial charge in [-0.05, 0) is 40.2 Å². The lowest BCUT2D eigenvalue weighted by atomic mass is 10.0. The van der Waals surface area contributed by atoms with Gasteiger partial charge < -0.3 is 15.3 Å². The molecule has 112 valence electrons. The molecule has 0 aromatic carbocycles. The van der Waals surface area contributed by atoms with Gasteiger partial charge >= 0.3 is 0 Å². The van der Waals surface area contributed by atoms with E-state index in [0.717, 1.165) is 31.9 Å². The first-order valence-corrected chi connectivity index (χ1v) is 7.49. The monoisotopic (exact) mass is 277 g/mol. The van der Waals surface area contributed by atoms with Crippen molar-refractivity contribution in [3.63, 3.8) is 0 Å². The Morgan fingerprint density at radius 2 is 2.25 bits per heavy atom. The number of hydrogen-bond donors (Lipinski definition) is 2. The van der Waals surface area contributed by atoms with Crippen LogP contribution in [0.3, 0.4) is 0 Å². The molecule has 4 heteroatoms. The van der Waals surface area contributed by atoms with Crippen LogP contribution in [0.4, 0.5) is 5.82 Å². The van der Waals surface area contributed by atoms with E-state index in [9.17, 15) is 5.11 Å². The van der Waals surface area contributed by atoms with Crippen LogP contribution in [0.1, 0.15) is 39.7 Å². The van der Waals surface area contributed by atoms with Crippen molar-refractivity contribution in [3.05, 3.63) is 23.9 Å². The summed E-state index contributed by atoms with van der Waals surface area (Å²) in [5.74, 6) is 1.42. The quantitative estimate of drug-likeness (QED) is 0.885. The smallest absolute Gasteiger partial charge is 0.133 e. The third-order valence-electron chi connectivity index (χ3n) is 3.88. The van der Waals surface area contributed by atoms with E-state index in [4.69, 9.17) is 0 Å². The van der Waals surface area contributed by atoms with E-state index in [1.807, 2.05) is 19.2 Å². The summed E-state index contributed by atoms with van der Waals surface area (Å²) in [5.41, 5.74) is 1.33. The van der Waals surface area contributed by atoms with Crippen LogP contribution in [0.25, 0.3) is 0 Å². The van der Waals surface area contributed by atoms with Crippen molar-refractivity contribution in [2.75, 3.05) is 18.0 Å². The summed E-state index contributed by atoms with van der Waals surface area (Å²) < 4.78 is 0. The molecular weight excluding hydrogens is 250 g/mol. The molecule has 1 aliphatic rings. The molecule has 0 amide bonds. The van der Waals surface area contributed by atoms with Gasteiger partial charge in [-0.15, -0.1) is 0 Å². The van der Waals surface area contributed by atoms with Crippen LogP contribution < -0.4 is 10.2 Å². The van der Waals surface area contributed by atoms with Crippen LogP contribution >= 0.6 is 0 Å². The Kier molecular flexibility index (Phi) is 4.66. The van der Waals surface area contributed by atoms with Crippen molar-refractivity contribution in [1.82, 2.24) is 10.3 Å². The molecular formula is C16H27N3O. The number of nitrogens with one attached hydrogen (secondary N) is 1. The number of anilines is 1. The van der Waals surface area contributed by atoms with Gasteiger partial charge in [0.15, 0.2) is 0 Å². The molecule has 1 fully saturated rings. The summed E-state index contributed by atoms with van der Waals surface area (Å²) in [6.07, 6.45) is 2.66. The first kappa shape index (κ1) is 15.3. The molecule has 0 aliphatic carbocycles. The first-order valence-electron chi connectivity index (χ1n) is 7.49. The average Bonchev–Trinajstić information content (AvgIpc) is 2.85. The Morgan fingerprint density at radius 3 is 2.85 bits per heavy atom. The number of rotatable bonds is 4. The van der Waals surface area contributed by atoms with E-state index in [1.54, 1.807) is 0 Å². The van der Waals surface area contributed by atoms with Gasteiger partial charge in [0.1, 0.15) is 5.82 Å². The highest BCUT2D eigenvalue weighted by Crippen LogP contribution is 2.27. The normalized spacial score (nSPS) is 21.2. The number of aliphatic hydroxyl groups excluding tert-OH is 1. The molecule has 2 heterocycles. The fourth-order valence-electron chi connectivity index (χ4n) is 2.59. The number of pyridine rings is 1. The van der Waals surface area contributed by atoms with Crippen LogP contribution in [-0.2, 0) is 6.54 Å². The molecule has 1 aromatic heterocycles. The van der Waals surface area contributed by atoms with E-state index < -0.39 is 0 Å². The van der Waals surface area contributed by atoms with Gasteiger partial charge in [-0.25, -0.2) is 4.98 Å². The predicted molar refractivity (Wildman–Crippen MR) is 82.8 cm³/mol. The van der Waals surface area contributed by atoms with E-state index in [1.165, 1.54) is 5.56 Å². The highest BCUT2D eigenvalue weighted by molar-refractivity contribution is 5.47. The molecule has 1 aliphatic heterocycles. The van der Waals surface area contributed by atoms with Gasteiger partial charge in [-0.2, -0.15) is 0 Å². The maximum absolute atomic E-state index is 9.74. The Labute approximate surface area is 122 Å². The minimum Gasteiger partial charge on any atom is -0.393 e. The predicted octanol–water partition coefficient (Wildman–Crippen LogP) is 2.18. The molecule has 4 nitrogen and oxygen atoms in total. The number of aromatic nitrogens is 1. The van der Waals surface area contributed by atoms with E-state index >= 15 is 0 Å². The van der Waals surface area contributed by atoms with Crippen molar-refractivity contribution in [2.45, 2.75) is 52.3 Å². The zero-order chi connectivity index (χ0) is 14.8. The van der Waals surface area contributed by atoms with Crippen molar-refractivity contribution in [1.29, 1.82) is 0 Å². The lowest BCUT2D eigenvalue weighted by Gasteiger charge is -2.24. The Balaban J connectivity index is 2.08. The van der Waals surface area contributed by atoms with Gasteiger partial charge in [-0.3, -0.25) is 0 Å². The van der Waals surface area contributed by atoms with Gasteiger partial charge in [0.25, 0.3) is 0 Å². The molecule has 1 aromatic rings.